The molecule has 0 aliphatic heterocycles. The molecular formula is C21H22N2O3S. The summed E-state index contributed by atoms with van der Waals surface area (Å²) in [4.78, 5) is 17.8. The van der Waals surface area contributed by atoms with Gasteiger partial charge in [-0.25, -0.2) is 0 Å². The number of hydrogen-bond acceptors (Lipinski definition) is 4. The summed E-state index contributed by atoms with van der Waals surface area (Å²) >= 11 is 1.44. The van der Waals surface area contributed by atoms with E-state index in [-0.39, 0.29) is 5.91 Å². The molecule has 3 rings (SSSR count). The Hall–Kier alpha value is -2.86. The standard InChI is InChI=1S/C21H22N2O3S/c1-6-7-23-16-11-17(25-4)18(26-5)12-19(16)27-21(23)22-20(24)15-9-13(2)8-14(3)10-15/h6,8-12H,1,7H2,2-5H3. The van der Waals surface area contributed by atoms with Crippen LogP contribution in [-0.4, -0.2) is 24.7 Å². The minimum atomic E-state index is -0.259. The Kier molecular flexibility index (Phi) is 5.46. The number of benzene rings is 2. The molecule has 6 heteroatoms. The monoisotopic (exact) mass is 382 g/mol. The van der Waals surface area contributed by atoms with Crippen molar-refractivity contribution < 1.29 is 14.3 Å². The molecule has 0 aliphatic carbocycles. The van der Waals surface area contributed by atoms with Crippen LogP contribution in [0.1, 0.15) is 21.5 Å². The van der Waals surface area contributed by atoms with Crippen LogP contribution >= 0.6 is 11.3 Å². The highest BCUT2D eigenvalue weighted by Gasteiger charge is 2.13. The minimum absolute atomic E-state index is 0.259. The Morgan fingerprint density at radius 3 is 2.33 bits per heavy atom. The Morgan fingerprint density at radius 1 is 1.11 bits per heavy atom. The van der Waals surface area contributed by atoms with Gasteiger partial charge < -0.3 is 14.0 Å². The number of rotatable bonds is 5. The average Bonchev–Trinajstić information content (AvgIpc) is 2.96. The summed E-state index contributed by atoms with van der Waals surface area (Å²) in [5.74, 6) is 1.02. The normalized spacial score (nSPS) is 11.6. The number of amides is 1. The van der Waals surface area contributed by atoms with Gasteiger partial charge in [0.2, 0.25) is 0 Å². The maximum Gasteiger partial charge on any atom is 0.279 e. The third-order valence-electron chi connectivity index (χ3n) is 4.17. The summed E-state index contributed by atoms with van der Waals surface area (Å²) in [5.41, 5.74) is 3.59. The first-order valence-corrected chi connectivity index (χ1v) is 9.32. The van der Waals surface area contributed by atoms with E-state index in [0.717, 1.165) is 21.3 Å². The van der Waals surface area contributed by atoms with Crippen molar-refractivity contribution in [3.8, 4) is 11.5 Å². The van der Waals surface area contributed by atoms with Gasteiger partial charge in [0.1, 0.15) is 0 Å². The van der Waals surface area contributed by atoms with Crippen LogP contribution < -0.4 is 14.3 Å². The number of aryl methyl sites for hydroxylation is 2. The number of hydrogen-bond donors (Lipinski definition) is 0. The molecule has 27 heavy (non-hydrogen) atoms. The molecule has 0 radical (unpaired) electrons. The molecule has 1 aromatic heterocycles. The number of nitrogens with zero attached hydrogens (tertiary/aromatic N) is 2. The molecule has 3 aromatic rings. The first kappa shape index (κ1) is 18.9. The number of ether oxygens (including phenoxy) is 2. The van der Waals surface area contributed by atoms with Gasteiger partial charge in [-0.2, -0.15) is 4.99 Å². The minimum Gasteiger partial charge on any atom is -0.493 e. The highest BCUT2D eigenvalue weighted by molar-refractivity contribution is 7.16. The van der Waals surface area contributed by atoms with Crippen LogP contribution in [0, 0.1) is 13.8 Å². The van der Waals surface area contributed by atoms with Crippen LogP contribution in [0.2, 0.25) is 0 Å². The van der Waals surface area contributed by atoms with Crippen molar-refractivity contribution >= 4 is 27.5 Å². The van der Waals surface area contributed by atoms with Crippen molar-refractivity contribution in [3.63, 3.8) is 0 Å². The molecular weight excluding hydrogens is 360 g/mol. The first-order valence-electron chi connectivity index (χ1n) is 8.50. The predicted molar refractivity (Wildman–Crippen MR) is 109 cm³/mol. The van der Waals surface area contributed by atoms with E-state index in [1.165, 1.54) is 11.3 Å². The van der Waals surface area contributed by atoms with Crippen molar-refractivity contribution in [3.05, 3.63) is 64.5 Å². The van der Waals surface area contributed by atoms with E-state index in [1.54, 1.807) is 20.3 Å². The number of carbonyl (C=O) groups is 1. The Morgan fingerprint density at radius 2 is 1.74 bits per heavy atom. The van der Waals surface area contributed by atoms with Crippen LogP contribution in [0.15, 0.2) is 48.0 Å². The fraction of sp³-hybridized carbons (Fsp3) is 0.238. The van der Waals surface area contributed by atoms with Gasteiger partial charge in [0.25, 0.3) is 5.91 Å². The molecule has 1 heterocycles. The molecule has 0 atom stereocenters. The van der Waals surface area contributed by atoms with Gasteiger partial charge in [-0.05, 0) is 26.0 Å². The lowest BCUT2D eigenvalue weighted by molar-refractivity contribution is 0.0997. The van der Waals surface area contributed by atoms with Crippen LogP contribution in [0.3, 0.4) is 0 Å². The SMILES string of the molecule is C=CCn1c(=NC(=O)c2cc(C)cc(C)c2)sc2cc(OC)c(OC)cc21. The van der Waals surface area contributed by atoms with E-state index in [4.69, 9.17) is 9.47 Å². The zero-order valence-electron chi connectivity index (χ0n) is 15.9. The Bertz CT molecular complexity index is 1070. The van der Waals surface area contributed by atoms with Crippen molar-refractivity contribution in [1.82, 2.24) is 4.57 Å². The topological polar surface area (TPSA) is 52.8 Å². The highest BCUT2D eigenvalue weighted by atomic mass is 32.1. The Labute approximate surface area is 162 Å². The lowest BCUT2D eigenvalue weighted by Crippen LogP contribution is -2.16. The first-order chi connectivity index (χ1) is 13.0. The number of thiazole rings is 1. The summed E-state index contributed by atoms with van der Waals surface area (Å²) in [6.07, 6.45) is 1.78. The van der Waals surface area contributed by atoms with E-state index in [0.29, 0.717) is 28.4 Å². The van der Waals surface area contributed by atoms with Crippen molar-refractivity contribution in [2.75, 3.05) is 14.2 Å². The van der Waals surface area contributed by atoms with E-state index in [9.17, 15) is 4.79 Å². The molecule has 0 spiro atoms. The van der Waals surface area contributed by atoms with Crippen LogP contribution in [0.5, 0.6) is 11.5 Å². The van der Waals surface area contributed by atoms with E-state index < -0.39 is 0 Å². The van der Waals surface area contributed by atoms with Crippen molar-refractivity contribution in [2.24, 2.45) is 4.99 Å². The van der Waals surface area contributed by atoms with Crippen molar-refractivity contribution in [2.45, 2.75) is 20.4 Å². The van der Waals surface area contributed by atoms with Crippen molar-refractivity contribution in [1.29, 1.82) is 0 Å². The number of fused-ring (bicyclic) bond motifs is 1. The van der Waals surface area contributed by atoms with Gasteiger partial charge >= 0.3 is 0 Å². The highest BCUT2D eigenvalue weighted by Crippen LogP contribution is 2.33. The van der Waals surface area contributed by atoms with Gasteiger partial charge in [-0.3, -0.25) is 4.79 Å². The molecule has 0 N–H and O–H groups in total. The fourth-order valence-corrected chi connectivity index (χ4v) is 4.09. The molecule has 140 valence electrons. The molecule has 1 amide bonds. The lowest BCUT2D eigenvalue weighted by atomic mass is 10.1. The molecule has 5 nitrogen and oxygen atoms in total. The smallest absolute Gasteiger partial charge is 0.279 e. The molecule has 0 unspecified atom stereocenters. The summed E-state index contributed by atoms with van der Waals surface area (Å²) in [7, 11) is 3.20. The molecule has 2 aromatic carbocycles. The molecule has 0 fully saturated rings. The second-order valence-corrected chi connectivity index (χ2v) is 7.26. The largest absolute Gasteiger partial charge is 0.493 e. The molecule has 0 saturated heterocycles. The second-order valence-electron chi connectivity index (χ2n) is 6.25. The number of carbonyl (C=O) groups excluding carboxylic acids is 1. The van der Waals surface area contributed by atoms with Crippen LogP contribution in [0.25, 0.3) is 10.2 Å². The summed E-state index contributed by atoms with van der Waals surface area (Å²) in [6, 6.07) is 9.55. The summed E-state index contributed by atoms with van der Waals surface area (Å²) in [6.45, 7) is 8.30. The summed E-state index contributed by atoms with van der Waals surface area (Å²) in [5, 5.41) is 0. The number of aromatic nitrogens is 1. The van der Waals surface area contributed by atoms with E-state index >= 15 is 0 Å². The number of methoxy groups -OCH3 is 2. The zero-order valence-corrected chi connectivity index (χ0v) is 16.7. The third-order valence-corrected chi connectivity index (χ3v) is 5.21. The van der Waals surface area contributed by atoms with Gasteiger partial charge in [-0.1, -0.05) is 34.6 Å². The third kappa shape index (κ3) is 3.80. The quantitative estimate of drug-likeness (QED) is 0.620. The average molecular weight is 382 g/mol. The molecule has 0 saturated carbocycles. The zero-order chi connectivity index (χ0) is 19.6. The predicted octanol–water partition coefficient (Wildman–Crippen LogP) is 4.26. The van der Waals surface area contributed by atoms with Crippen LogP contribution in [-0.2, 0) is 6.54 Å². The fourth-order valence-electron chi connectivity index (χ4n) is 3.04. The Balaban J connectivity index is 2.20. The van der Waals surface area contributed by atoms with E-state index in [2.05, 4.69) is 11.6 Å². The second kappa shape index (κ2) is 7.80. The van der Waals surface area contributed by atoms with Gasteiger partial charge in [0.15, 0.2) is 16.3 Å². The van der Waals surface area contributed by atoms with Gasteiger partial charge in [-0.15, -0.1) is 6.58 Å². The maximum atomic E-state index is 12.7. The lowest BCUT2D eigenvalue weighted by Gasteiger charge is -2.08. The summed E-state index contributed by atoms with van der Waals surface area (Å²) < 4.78 is 13.7. The molecule has 0 bridgehead atoms. The number of allylic oxidation sites excluding steroid dienone is 1. The van der Waals surface area contributed by atoms with Crippen LogP contribution in [0.4, 0.5) is 0 Å². The van der Waals surface area contributed by atoms with Gasteiger partial charge in [0, 0.05) is 24.2 Å². The van der Waals surface area contributed by atoms with E-state index in [1.807, 2.05) is 48.7 Å². The molecule has 0 aliphatic rings. The maximum absolute atomic E-state index is 12.7. The van der Waals surface area contributed by atoms with Gasteiger partial charge in [0.05, 0.1) is 24.4 Å².